The van der Waals surface area contributed by atoms with Crippen LogP contribution in [0.2, 0.25) is 0 Å². The van der Waals surface area contributed by atoms with Gasteiger partial charge in [-0.15, -0.1) is 0 Å². The quantitative estimate of drug-likeness (QED) is 0.108. The number of hydrogen-bond acceptors (Lipinski definition) is 4. The Morgan fingerprint density at radius 2 is 0.522 bits per heavy atom. The average molecular weight is 893 g/mol. The first-order chi connectivity index (χ1) is 33.9. The summed E-state index contributed by atoms with van der Waals surface area (Å²) < 4.78 is 0. The Morgan fingerprint density at radius 3 is 0.855 bits per heavy atom. The normalized spacial score (nSPS) is 11.0. The highest BCUT2D eigenvalue weighted by Crippen LogP contribution is 2.45. The maximum atomic E-state index is 2.41. The number of aryl methyl sites for hydroxylation is 4. The van der Waals surface area contributed by atoms with Crippen LogP contribution in [0.5, 0.6) is 0 Å². The maximum absolute atomic E-state index is 2.41. The molecule has 10 aromatic rings. The fourth-order valence-corrected chi connectivity index (χ4v) is 9.49. The van der Waals surface area contributed by atoms with Crippen molar-refractivity contribution < 1.29 is 0 Å². The Morgan fingerprint density at radius 1 is 0.232 bits per heavy atom. The lowest BCUT2D eigenvalue weighted by Crippen LogP contribution is -2.15. The zero-order chi connectivity index (χ0) is 47.1. The van der Waals surface area contributed by atoms with Crippen molar-refractivity contribution in [2.75, 3.05) is 19.6 Å². The summed E-state index contributed by atoms with van der Waals surface area (Å²) in [6, 6.07) is 92.2. The molecule has 4 nitrogen and oxygen atoms in total. The molecule has 0 saturated carbocycles. The van der Waals surface area contributed by atoms with Gasteiger partial charge >= 0.3 is 0 Å². The molecule has 0 radical (unpaired) electrons. The molecule has 0 aliphatic rings. The number of benzene rings is 10. The lowest BCUT2D eigenvalue weighted by molar-refractivity contribution is 1.14. The Balaban J connectivity index is 1.23. The fourth-order valence-electron chi connectivity index (χ4n) is 9.49. The molecule has 336 valence electrons. The van der Waals surface area contributed by atoms with Crippen LogP contribution in [0.1, 0.15) is 33.4 Å². The lowest BCUT2D eigenvalue weighted by atomic mass is 9.99. The van der Waals surface area contributed by atoms with Gasteiger partial charge in [0.25, 0.3) is 0 Å². The molecule has 0 aromatic heterocycles. The maximum Gasteiger partial charge on any atom is 0.0490 e. The Hall–Kier alpha value is -8.60. The predicted molar refractivity (Wildman–Crippen MR) is 293 cm³/mol. The molecule has 0 N–H and O–H groups in total. The zero-order valence-corrected chi connectivity index (χ0v) is 39.7. The molecular formula is C65H56N4. The van der Waals surface area contributed by atoms with Crippen molar-refractivity contribution in [3.05, 3.63) is 288 Å². The summed E-state index contributed by atoms with van der Waals surface area (Å²) in [6.07, 6.45) is 0.654. The van der Waals surface area contributed by atoms with Crippen molar-refractivity contribution >= 4 is 68.2 Å². The first-order valence-electron chi connectivity index (χ1n) is 23.8. The van der Waals surface area contributed by atoms with Gasteiger partial charge in [-0.2, -0.15) is 0 Å². The minimum Gasteiger partial charge on any atom is -0.310 e. The van der Waals surface area contributed by atoms with Gasteiger partial charge in [0, 0.05) is 68.2 Å². The van der Waals surface area contributed by atoms with Gasteiger partial charge in [-0.25, -0.2) is 0 Å². The van der Waals surface area contributed by atoms with Crippen LogP contribution in [-0.4, -0.2) is 0 Å². The largest absolute Gasteiger partial charge is 0.310 e. The van der Waals surface area contributed by atoms with Crippen molar-refractivity contribution in [2.24, 2.45) is 0 Å². The highest BCUT2D eigenvalue weighted by molar-refractivity contribution is 5.87. The minimum atomic E-state index is 0.654. The third-order valence-electron chi connectivity index (χ3n) is 12.7. The monoisotopic (exact) mass is 892 g/mol. The SMILES string of the molecule is Cc1cccc(N(c2ccccc2)c2cc(Cc3cc(N(c4ccccc4)c4cccc(C)c4)cc(N(c4ccccc4)c4ccccc4C)c3)cc(N(c3ccccc3)c3ccccc3C)c2)c1. The van der Waals surface area contributed by atoms with Crippen molar-refractivity contribution in [3.63, 3.8) is 0 Å². The summed E-state index contributed by atoms with van der Waals surface area (Å²) in [5.41, 5.74) is 20.3. The first kappa shape index (κ1) is 44.2. The molecule has 4 heteroatoms. The second-order valence-electron chi connectivity index (χ2n) is 17.8. The number of rotatable bonds is 14. The molecule has 0 saturated heterocycles. The van der Waals surface area contributed by atoms with E-state index in [9.17, 15) is 0 Å². The Kier molecular flexibility index (Phi) is 12.9. The molecule has 0 aliphatic carbocycles. The number of nitrogens with zero attached hydrogens (tertiary/aromatic N) is 4. The molecule has 0 unspecified atom stereocenters. The van der Waals surface area contributed by atoms with Crippen molar-refractivity contribution in [1.82, 2.24) is 0 Å². The van der Waals surface area contributed by atoms with E-state index in [0.717, 1.165) is 68.2 Å². The van der Waals surface area contributed by atoms with E-state index >= 15 is 0 Å². The van der Waals surface area contributed by atoms with Gasteiger partial charge in [0.15, 0.2) is 0 Å². The summed E-state index contributed by atoms with van der Waals surface area (Å²) >= 11 is 0. The summed E-state index contributed by atoms with van der Waals surface area (Å²) in [5.74, 6) is 0. The van der Waals surface area contributed by atoms with E-state index in [1.165, 1.54) is 33.4 Å². The molecule has 0 heterocycles. The summed E-state index contributed by atoms with van der Waals surface area (Å²) in [7, 11) is 0. The standard InChI is InChI=1S/C65H56N4/c1-48-23-21-35-58(39-48)66(54-27-9-5-10-28-54)60-42-52(44-62(46-60)68(56-31-13-7-14-32-56)64-37-19-17-25-50(64)3)41-53-43-61(67(55-29-11-6-12-30-55)59-36-22-24-49(2)40-59)47-63(45-53)69(57-33-15-8-16-34-57)65-38-20-18-26-51(65)4/h5-40,42-47H,41H2,1-4H3. The molecule has 10 rings (SSSR count). The fraction of sp³-hybridized carbons (Fsp3) is 0.0769. The van der Waals surface area contributed by atoms with Crippen LogP contribution in [0.4, 0.5) is 68.2 Å². The van der Waals surface area contributed by atoms with Gasteiger partial charge in [0.05, 0.1) is 0 Å². The number of para-hydroxylation sites is 6. The zero-order valence-electron chi connectivity index (χ0n) is 39.7. The summed E-state index contributed by atoms with van der Waals surface area (Å²) in [6.45, 7) is 8.73. The van der Waals surface area contributed by atoms with Gasteiger partial charge in [-0.3, -0.25) is 0 Å². The van der Waals surface area contributed by atoms with Gasteiger partial charge in [-0.05, 0) is 189 Å². The molecule has 0 bridgehead atoms. The lowest BCUT2D eigenvalue weighted by Gasteiger charge is -2.32. The van der Waals surface area contributed by atoms with Crippen LogP contribution in [0, 0.1) is 27.7 Å². The van der Waals surface area contributed by atoms with Crippen LogP contribution in [-0.2, 0) is 6.42 Å². The average Bonchev–Trinajstić information content (AvgIpc) is 3.37. The van der Waals surface area contributed by atoms with Crippen molar-refractivity contribution in [2.45, 2.75) is 34.1 Å². The van der Waals surface area contributed by atoms with Gasteiger partial charge in [-0.1, -0.05) is 133 Å². The summed E-state index contributed by atoms with van der Waals surface area (Å²) in [4.78, 5) is 9.61. The summed E-state index contributed by atoms with van der Waals surface area (Å²) in [5, 5.41) is 0. The smallest absolute Gasteiger partial charge is 0.0490 e. The molecule has 0 spiro atoms. The molecule has 10 aromatic carbocycles. The highest BCUT2D eigenvalue weighted by Gasteiger charge is 2.23. The van der Waals surface area contributed by atoms with E-state index in [-0.39, 0.29) is 0 Å². The van der Waals surface area contributed by atoms with E-state index in [1.807, 2.05) is 0 Å². The third kappa shape index (κ3) is 9.79. The highest BCUT2D eigenvalue weighted by atomic mass is 15.2. The van der Waals surface area contributed by atoms with Gasteiger partial charge < -0.3 is 19.6 Å². The molecule has 69 heavy (non-hydrogen) atoms. The first-order valence-corrected chi connectivity index (χ1v) is 23.8. The van der Waals surface area contributed by atoms with Crippen molar-refractivity contribution in [3.8, 4) is 0 Å². The number of anilines is 12. The second-order valence-corrected chi connectivity index (χ2v) is 17.8. The second kappa shape index (κ2) is 20.1. The van der Waals surface area contributed by atoms with Crippen LogP contribution in [0.3, 0.4) is 0 Å². The Labute approximate surface area is 408 Å². The van der Waals surface area contributed by atoms with E-state index in [4.69, 9.17) is 0 Å². The van der Waals surface area contributed by atoms with Gasteiger partial charge in [0.2, 0.25) is 0 Å². The Bertz CT molecular complexity index is 3090. The van der Waals surface area contributed by atoms with Crippen LogP contribution >= 0.6 is 0 Å². The number of hydrogen-bond donors (Lipinski definition) is 0. The molecule has 0 amide bonds. The van der Waals surface area contributed by atoms with Gasteiger partial charge in [0.1, 0.15) is 0 Å². The molecule has 0 fully saturated rings. The predicted octanol–water partition coefficient (Wildman–Crippen LogP) is 18.4. The van der Waals surface area contributed by atoms with E-state index in [2.05, 4.69) is 302 Å². The third-order valence-corrected chi connectivity index (χ3v) is 12.7. The van der Waals surface area contributed by atoms with E-state index in [1.54, 1.807) is 0 Å². The van der Waals surface area contributed by atoms with Crippen LogP contribution in [0.15, 0.2) is 255 Å². The van der Waals surface area contributed by atoms with Crippen LogP contribution in [0.25, 0.3) is 0 Å². The topological polar surface area (TPSA) is 13.0 Å². The van der Waals surface area contributed by atoms with E-state index < -0.39 is 0 Å². The van der Waals surface area contributed by atoms with Crippen LogP contribution < -0.4 is 19.6 Å². The van der Waals surface area contributed by atoms with Crippen molar-refractivity contribution in [1.29, 1.82) is 0 Å². The minimum absolute atomic E-state index is 0.654. The van der Waals surface area contributed by atoms with E-state index in [0.29, 0.717) is 6.42 Å². The molecular weight excluding hydrogens is 837 g/mol. The molecule has 0 atom stereocenters. The molecule has 0 aliphatic heterocycles.